The molecule has 1 aromatic carbocycles. The number of likely N-dealkylation sites (tertiary alicyclic amines) is 2. The molecule has 0 bridgehead atoms. The summed E-state index contributed by atoms with van der Waals surface area (Å²) in [6.07, 6.45) is 1.73. The third kappa shape index (κ3) is 2.55. The number of sulfonamides is 1. The summed E-state index contributed by atoms with van der Waals surface area (Å²) in [5.74, 6) is 2.38. The molecule has 136 valence electrons. The molecule has 2 fully saturated rings. The van der Waals surface area contributed by atoms with E-state index >= 15 is 0 Å². The number of rotatable bonds is 2. The highest BCUT2D eigenvalue weighted by atomic mass is 32.2. The van der Waals surface area contributed by atoms with Gasteiger partial charge in [-0.25, -0.2) is 4.98 Å². The van der Waals surface area contributed by atoms with Crippen molar-refractivity contribution in [2.24, 2.45) is 16.2 Å². The van der Waals surface area contributed by atoms with E-state index < -0.39 is 10.0 Å². The van der Waals surface area contributed by atoms with Gasteiger partial charge in [-0.3, -0.25) is 4.90 Å². The van der Waals surface area contributed by atoms with E-state index in [1.54, 1.807) is 18.4 Å². The summed E-state index contributed by atoms with van der Waals surface area (Å²) >= 11 is 0. The van der Waals surface area contributed by atoms with Crippen LogP contribution in [0.2, 0.25) is 0 Å². The number of fused-ring (bicyclic) bond motifs is 2. The molecule has 0 saturated carbocycles. The van der Waals surface area contributed by atoms with Crippen molar-refractivity contribution in [2.75, 3.05) is 26.2 Å². The van der Waals surface area contributed by atoms with E-state index in [0.29, 0.717) is 28.5 Å². The first-order valence-corrected chi connectivity index (χ1v) is 10.3. The summed E-state index contributed by atoms with van der Waals surface area (Å²) in [5.41, 5.74) is 1.71. The van der Waals surface area contributed by atoms with Gasteiger partial charge in [-0.2, -0.15) is 8.42 Å². The minimum absolute atomic E-state index is 0.329. The van der Waals surface area contributed by atoms with Crippen molar-refractivity contribution in [3.63, 3.8) is 0 Å². The van der Waals surface area contributed by atoms with E-state index in [0.717, 1.165) is 44.0 Å². The molecular weight excluding hydrogens is 352 g/mol. The lowest BCUT2D eigenvalue weighted by Crippen LogP contribution is -2.33. The molecule has 7 nitrogen and oxygen atoms in total. The van der Waals surface area contributed by atoms with Gasteiger partial charge in [-0.1, -0.05) is 12.1 Å². The molecule has 2 atom stereocenters. The number of hydrogen-bond donors (Lipinski definition) is 0. The normalized spacial score (nSPS) is 26.8. The number of hydrogen-bond acceptors (Lipinski definition) is 6. The van der Waals surface area contributed by atoms with Crippen LogP contribution in [0.4, 0.5) is 0 Å². The average Bonchev–Trinajstić information content (AvgIpc) is 3.32. The second-order valence-electron chi connectivity index (χ2n) is 7.36. The van der Waals surface area contributed by atoms with Crippen LogP contribution < -0.4 is 0 Å². The summed E-state index contributed by atoms with van der Waals surface area (Å²) < 4.78 is 33.9. The fourth-order valence-electron chi connectivity index (χ4n) is 4.42. The number of amidine groups is 1. The van der Waals surface area contributed by atoms with Crippen LogP contribution in [0.3, 0.4) is 0 Å². The highest BCUT2D eigenvalue weighted by Crippen LogP contribution is 2.35. The topological polar surface area (TPSA) is 79.0 Å². The van der Waals surface area contributed by atoms with Crippen LogP contribution >= 0.6 is 0 Å². The van der Waals surface area contributed by atoms with Crippen LogP contribution in [0.5, 0.6) is 0 Å². The molecule has 8 heteroatoms. The third-order valence-electron chi connectivity index (χ3n) is 5.53. The van der Waals surface area contributed by atoms with Crippen molar-refractivity contribution >= 4 is 15.9 Å². The fraction of sp³-hybridized carbons (Fsp3) is 0.444. The highest BCUT2D eigenvalue weighted by molar-refractivity contribution is 7.90. The van der Waals surface area contributed by atoms with Crippen LogP contribution in [0.1, 0.15) is 17.1 Å². The summed E-state index contributed by atoms with van der Waals surface area (Å²) in [7, 11) is -3.55. The molecule has 3 aliphatic rings. The molecule has 26 heavy (non-hydrogen) atoms. The van der Waals surface area contributed by atoms with Crippen LogP contribution in [-0.4, -0.2) is 55.2 Å². The van der Waals surface area contributed by atoms with Crippen molar-refractivity contribution in [3.8, 4) is 0 Å². The summed E-state index contributed by atoms with van der Waals surface area (Å²) in [6, 6.07) is 7.11. The molecule has 2 saturated heterocycles. The first-order chi connectivity index (χ1) is 12.5. The summed E-state index contributed by atoms with van der Waals surface area (Å²) in [5, 5.41) is 0. The summed E-state index contributed by atoms with van der Waals surface area (Å²) in [6.45, 7) is 6.35. The van der Waals surface area contributed by atoms with E-state index in [1.807, 2.05) is 19.1 Å². The number of oxazole rings is 1. The van der Waals surface area contributed by atoms with Gasteiger partial charge in [0.2, 0.25) is 0 Å². The molecule has 0 radical (unpaired) electrons. The maximum absolute atomic E-state index is 12.3. The van der Waals surface area contributed by atoms with Gasteiger partial charge < -0.3 is 9.32 Å². The molecule has 2 aromatic rings. The Morgan fingerprint density at radius 3 is 2.58 bits per heavy atom. The van der Waals surface area contributed by atoms with Crippen LogP contribution in [0.15, 0.2) is 44.2 Å². The monoisotopic (exact) mass is 372 g/mol. The van der Waals surface area contributed by atoms with Crippen LogP contribution in [-0.2, 0) is 16.6 Å². The van der Waals surface area contributed by atoms with Gasteiger partial charge in [0, 0.05) is 45.2 Å². The Hall–Kier alpha value is -2.19. The highest BCUT2D eigenvalue weighted by Gasteiger charge is 2.43. The van der Waals surface area contributed by atoms with Crippen LogP contribution in [0.25, 0.3) is 0 Å². The second kappa shape index (κ2) is 5.65. The minimum atomic E-state index is -3.55. The lowest BCUT2D eigenvalue weighted by molar-refractivity contribution is 0.285. The molecule has 1 aromatic heterocycles. The average molecular weight is 372 g/mol. The predicted molar refractivity (Wildman–Crippen MR) is 95.2 cm³/mol. The van der Waals surface area contributed by atoms with Gasteiger partial charge in [-0.05, 0) is 24.0 Å². The van der Waals surface area contributed by atoms with Crippen molar-refractivity contribution < 1.29 is 12.8 Å². The minimum Gasteiger partial charge on any atom is -0.449 e. The maximum Gasteiger partial charge on any atom is 0.285 e. The van der Waals surface area contributed by atoms with E-state index in [2.05, 4.69) is 19.2 Å². The Balaban J connectivity index is 1.30. The first kappa shape index (κ1) is 16.0. The predicted octanol–water partition coefficient (Wildman–Crippen LogP) is 1.50. The van der Waals surface area contributed by atoms with E-state index in [1.165, 1.54) is 0 Å². The Morgan fingerprint density at radius 1 is 1.15 bits per heavy atom. The lowest BCUT2D eigenvalue weighted by Gasteiger charge is -2.22. The quantitative estimate of drug-likeness (QED) is 0.795. The first-order valence-electron chi connectivity index (χ1n) is 8.82. The van der Waals surface area contributed by atoms with Crippen molar-refractivity contribution in [1.29, 1.82) is 0 Å². The fourth-order valence-corrected chi connectivity index (χ4v) is 5.65. The van der Waals surface area contributed by atoms with Gasteiger partial charge in [0.15, 0.2) is 11.7 Å². The number of aromatic nitrogens is 1. The van der Waals surface area contributed by atoms with Gasteiger partial charge in [0.25, 0.3) is 10.0 Å². The zero-order chi connectivity index (χ0) is 17.9. The molecule has 3 aliphatic heterocycles. The summed E-state index contributed by atoms with van der Waals surface area (Å²) in [4.78, 5) is 9.27. The lowest BCUT2D eigenvalue weighted by atomic mass is 10.0. The van der Waals surface area contributed by atoms with Crippen LogP contribution in [0, 0.1) is 18.8 Å². The molecule has 5 rings (SSSR count). The zero-order valence-corrected chi connectivity index (χ0v) is 15.3. The second-order valence-corrected chi connectivity index (χ2v) is 8.94. The number of nitrogens with zero attached hydrogens (tertiary/aromatic N) is 4. The maximum atomic E-state index is 12.3. The Bertz CT molecular complexity index is 983. The molecular formula is C18H20N4O3S. The van der Waals surface area contributed by atoms with Gasteiger partial charge in [0.05, 0.1) is 5.69 Å². The van der Waals surface area contributed by atoms with Gasteiger partial charge >= 0.3 is 0 Å². The van der Waals surface area contributed by atoms with Crippen molar-refractivity contribution in [2.45, 2.75) is 18.4 Å². The Kier molecular flexibility index (Phi) is 3.48. The molecule has 0 N–H and O–H groups in total. The van der Waals surface area contributed by atoms with E-state index in [4.69, 9.17) is 4.42 Å². The Labute approximate surface area is 152 Å². The molecule has 2 unspecified atom stereocenters. The van der Waals surface area contributed by atoms with Gasteiger partial charge in [-0.15, -0.1) is 4.40 Å². The molecule has 0 spiro atoms. The van der Waals surface area contributed by atoms with Crippen molar-refractivity contribution in [1.82, 2.24) is 14.8 Å². The standard InChI is InChI=1S/C18H20N4O3S/c1-12-19-15(11-25-12)10-21-6-13-8-22(9-14(13)7-21)18-16-4-2-3-5-17(16)26(23,24)20-18/h2-5,11,13-14H,6-10H2,1H3. The SMILES string of the molecule is Cc1nc(CN2CC3CN(C4=NS(=O)(=O)c5ccccc54)CC3C2)co1. The number of benzene rings is 1. The van der Waals surface area contributed by atoms with Crippen molar-refractivity contribution in [3.05, 3.63) is 47.7 Å². The van der Waals surface area contributed by atoms with E-state index in [9.17, 15) is 8.42 Å². The zero-order valence-electron chi connectivity index (χ0n) is 14.5. The third-order valence-corrected chi connectivity index (χ3v) is 6.85. The molecule has 4 heterocycles. The smallest absolute Gasteiger partial charge is 0.285 e. The Morgan fingerprint density at radius 2 is 1.88 bits per heavy atom. The van der Waals surface area contributed by atoms with E-state index in [-0.39, 0.29) is 0 Å². The largest absolute Gasteiger partial charge is 0.449 e. The number of aryl methyl sites for hydroxylation is 1. The molecule has 0 amide bonds. The van der Waals surface area contributed by atoms with Gasteiger partial charge in [0.1, 0.15) is 11.2 Å². The molecule has 0 aliphatic carbocycles.